The summed E-state index contributed by atoms with van der Waals surface area (Å²) in [5.74, 6) is 0.154. The van der Waals surface area contributed by atoms with Gasteiger partial charge in [0.05, 0.1) is 6.61 Å². The third kappa shape index (κ3) is 4.34. The highest BCUT2D eigenvalue weighted by Gasteiger charge is 2.23. The number of rotatable bonds is 6. The molecule has 1 fully saturated rings. The van der Waals surface area contributed by atoms with Crippen molar-refractivity contribution in [1.82, 2.24) is 4.90 Å². The monoisotopic (exact) mass is 231 g/mol. The van der Waals surface area contributed by atoms with Crippen molar-refractivity contribution in [2.24, 2.45) is 10.9 Å². The molecule has 94 valence electrons. The lowest BCUT2D eigenvalue weighted by molar-refractivity contribution is 0.00365. The molecule has 6 heteroatoms. The smallest absolute Gasteiger partial charge is 0.169 e. The molecule has 0 aromatic heterocycles. The van der Waals surface area contributed by atoms with Gasteiger partial charge in [0.25, 0.3) is 0 Å². The van der Waals surface area contributed by atoms with E-state index in [2.05, 4.69) is 10.1 Å². The van der Waals surface area contributed by atoms with Crippen LogP contribution in [0.15, 0.2) is 5.16 Å². The zero-order valence-electron chi connectivity index (χ0n) is 9.76. The van der Waals surface area contributed by atoms with Crippen molar-refractivity contribution in [3.63, 3.8) is 0 Å². The number of morpholine rings is 1. The molecule has 0 aliphatic carbocycles. The molecule has 6 nitrogen and oxygen atoms in total. The van der Waals surface area contributed by atoms with Crippen LogP contribution in [0.3, 0.4) is 0 Å². The highest BCUT2D eigenvalue weighted by Crippen LogP contribution is 2.06. The van der Waals surface area contributed by atoms with Crippen LogP contribution in [0.1, 0.15) is 12.8 Å². The van der Waals surface area contributed by atoms with Gasteiger partial charge in [0.1, 0.15) is 6.10 Å². The van der Waals surface area contributed by atoms with E-state index >= 15 is 0 Å². The molecule has 0 aromatic rings. The predicted molar refractivity (Wildman–Crippen MR) is 60.7 cm³/mol. The Labute approximate surface area is 96.0 Å². The largest absolute Gasteiger partial charge is 0.409 e. The van der Waals surface area contributed by atoms with Crippen LogP contribution in [-0.4, -0.2) is 62.0 Å². The summed E-state index contributed by atoms with van der Waals surface area (Å²) in [7, 11) is 1.71. The average Bonchev–Trinajstić information content (AvgIpc) is 2.34. The van der Waals surface area contributed by atoms with Crippen LogP contribution in [0.5, 0.6) is 0 Å². The van der Waals surface area contributed by atoms with Gasteiger partial charge >= 0.3 is 0 Å². The molecule has 1 aliphatic rings. The van der Waals surface area contributed by atoms with E-state index in [1.54, 1.807) is 7.11 Å². The standard InChI is InChI=1S/C10H21N3O3/c1-15-6-3-2-4-13-5-7-16-9(8-13)10(11)12-14/h9,14H,2-8H2,1H3,(H2,11,12). The first-order chi connectivity index (χ1) is 7.77. The average molecular weight is 231 g/mol. The molecule has 0 aromatic carbocycles. The number of hydrogen-bond donors (Lipinski definition) is 2. The maximum Gasteiger partial charge on any atom is 0.169 e. The van der Waals surface area contributed by atoms with Gasteiger partial charge in [-0.15, -0.1) is 0 Å². The van der Waals surface area contributed by atoms with Gasteiger partial charge in [-0.05, 0) is 19.4 Å². The van der Waals surface area contributed by atoms with Crippen molar-refractivity contribution in [1.29, 1.82) is 0 Å². The lowest BCUT2D eigenvalue weighted by atomic mass is 10.2. The van der Waals surface area contributed by atoms with Crippen molar-refractivity contribution in [3.05, 3.63) is 0 Å². The van der Waals surface area contributed by atoms with Crippen LogP contribution in [0.25, 0.3) is 0 Å². The number of amidine groups is 1. The first kappa shape index (κ1) is 13.2. The van der Waals surface area contributed by atoms with Crippen LogP contribution >= 0.6 is 0 Å². The number of methoxy groups -OCH3 is 1. The Kier molecular flexibility index (Phi) is 6.14. The summed E-state index contributed by atoms with van der Waals surface area (Å²) in [6.45, 7) is 4.03. The molecule has 1 atom stereocenters. The summed E-state index contributed by atoms with van der Waals surface area (Å²) >= 11 is 0. The van der Waals surface area contributed by atoms with Gasteiger partial charge < -0.3 is 20.4 Å². The number of nitrogens with two attached hydrogens (primary N) is 1. The Morgan fingerprint density at radius 2 is 2.44 bits per heavy atom. The van der Waals surface area contributed by atoms with E-state index in [-0.39, 0.29) is 11.9 Å². The molecular formula is C10H21N3O3. The Hall–Kier alpha value is -0.850. The number of oxime groups is 1. The number of nitrogens with zero attached hydrogens (tertiary/aromatic N) is 2. The molecule has 3 N–H and O–H groups in total. The molecule has 16 heavy (non-hydrogen) atoms. The molecule has 0 amide bonds. The minimum Gasteiger partial charge on any atom is -0.409 e. The van der Waals surface area contributed by atoms with Crippen LogP contribution in [-0.2, 0) is 9.47 Å². The maximum atomic E-state index is 8.57. The highest BCUT2D eigenvalue weighted by molar-refractivity contribution is 5.84. The van der Waals surface area contributed by atoms with Crippen molar-refractivity contribution >= 4 is 5.84 Å². The van der Waals surface area contributed by atoms with Crippen LogP contribution in [0.2, 0.25) is 0 Å². The number of ether oxygens (including phenoxy) is 2. The number of unbranched alkanes of at least 4 members (excludes halogenated alkanes) is 1. The Morgan fingerprint density at radius 1 is 1.62 bits per heavy atom. The zero-order chi connectivity index (χ0) is 11.8. The summed E-state index contributed by atoms with van der Waals surface area (Å²) in [4.78, 5) is 2.27. The van der Waals surface area contributed by atoms with E-state index in [9.17, 15) is 0 Å². The van der Waals surface area contributed by atoms with Crippen LogP contribution < -0.4 is 5.73 Å². The third-order valence-corrected chi connectivity index (χ3v) is 2.67. The van der Waals surface area contributed by atoms with Crippen LogP contribution in [0, 0.1) is 0 Å². The molecular weight excluding hydrogens is 210 g/mol. The molecule has 0 radical (unpaired) electrons. The van der Waals surface area contributed by atoms with E-state index in [4.69, 9.17) is 20.4 Å². The normalized spacial score (nSPS) is 23.6. The fraction of sp³-hybridized carbons (Fsp3) is 0.900. The van der Waals surface area contributed by atoms with E-state index in [0.717, 1.165) is 32.5 Å². The lowest BCUT2D eigenvalue weighted by Crippen LogP contribution is -2.48. The summed E-state index contributed by atoms with van der Waals surface area (Å²) in [5, 5.41) is 11.5. The summed E-state index contributed by atoms with van der Waals surface area (Å²) in [6.07, 6.45) is 1.87. The second kappa shape index (κ2) is 7.43. The van der Waals surface area contributed by atoms with E-state index in [1.165, 1.54) is 0 Å². The Balaban J connectivity index is 2.22. The fourth-order valence-electron chi connectivity index (χ4n) is 1.73. The van der Waals surface area contributed by atoms with Crippen molar-refractivity contribution in [2.75, 3.05) is 40.0 Å². The van der Waals surface area contributed by atoms with E-state index in [1.807, 2.05) is 0 Å². The summed E-state index contributed by atoms with van der Waals surface area (Å²) in [6, 6.07) is 0. The van der Waals surface area contributed by atoms with Gasteiger partial charge in [-0.2, -0.15) is 0 Å². The maximum absolute atomic E-state index is 8.57. The molecule has 1 unspecified atom stereocenters. The molecule has 0 saturated carbocycles. The lowest BCUT2D eigenvalue weighted by Gasteiger charge is -2.32. The van der Waals surface area contributed by atoms with Crippen molar-refractivity contribution in [3.8, 4) is 0 Å². The van der Waals surface area contributed by atoms with E-state index < -0.39 is 0 Å². The second-order valence-corrected chi connectivity index (χ2v) is 3.88. The van der Waals surface area contributed by atoms with Gasteiger partial charge in [0.15, 0.2) is 5.84 Å². The van der Waals surface area contributed by atoms with Crippen molar-refractivity contribution < 1.29 is 14.7 Å². The second-order valence-electron chi connectivity index (χ2n) is 3.88. The van der Waals surface area contributed by atoms with Gasteiger partial charge in [0, 0.05) is 26.8 Å². The first-order valence-corrected chi connectivity index (χ1v) is 5.58. The minimum absolute atomic E-state index is 0.154. The summed E-state index contributed by atoms with van der Waals surface area (Å²) < 4.78 is 10.4. The summed E-state index contributed by atoms with van der Waals surface area (Å²) in [5.41, 5.74) is 5.51. The van der Waals surface area contributed by atoms with Crippen LogP contribution in [0.4, 0.5) is 0 Å². The molecule has 1 aliphatic heterocycles. The molecule has 0 spiro atoms. The Bertz CT molecular complexity index is 223. The Morgan fingerprint density at radius 3 is 3.12 bits per heavy atom. The minimum atomic E-state index is -0.277. The molecule has 1 saturated heterocycles. The van der Waals surface area contributed by atoms with Gasteiger partial charge in [-0.3, -0.25) is 4.90 Å². The quantitative estimate of drug-likeness (QED) is 0.219. The topological polar surface area (TPSA) is 80.3 Å². The fourth-order valence-corrected chi connectivity index (χ4v) is 1.73. The highest BCUT2D eigenvalue weighted by atomic mass is 16.5. The number of hydrogen-bond acceptors (Lipinski definition) is 5. The SMILES string of the molecule is COCCCCN1CCOC(C(N)=NO)C1. The predicted octanol–water partition coefficient (Wildman–Crippen LogP) is -0.140. The molecule has 1 heterocycles. The molecule has 1 rings (SSSR count). The zero-order valence-corrected chi connectivity index (χ0v) is 9.76. The van der Waals surface area contributed by atoms with E-state index in [0.29, 0.717) is 13.2 Å². The van der Waals surface area contributed by atoms with Gasteiger partial charge in [0.2, 0.25) is 0 Å². The molecule has 0 bridgehead atoms. The van der Waals surface area contributed by atoms with Gasteiger partial charge in [-0.25, -0.2) is 0 Å². The third-order valence-electron chi connectivity index (χ3n) is 2.67. The first-order valence-electron chi connectivity index (χ1n) is 5.58. The van der Waals surface area contributed by atoms with Gasteiger partial charge in [-0.1, -0.05) is 5.16 Å². The van der Waals surface area contributed by atoms with Crippen molar-refractivity contribution in [2.45, 2.75) is 18.9 Å².